The Morgan fingerprint density at radius 1 is 1.20 bits per heavy atom. The van der Waals surface area contributed by atoms with E-state index in [-0.39, 0.29) is 16.9 Å². The summed E-state index contributed by atoms with van der Waals surface area (Å²) >= 11 is 0. The fraction of sp³-hybridized carbons (Fsp3) is 0. The molecule has 0 bridgehead atoms. The second-order valence-electron chi connectivity index (χ2n) is 3.85. The standard InChI is InChI=1S/C13H9FN2O4/c14-8-2-3-9(10(17)5-8)12(18)16-11-4-1-7(6-15-11)13(19)20/h1-6,17H,(H,19,20)(H,15,16,18). The van der Waals surface area contributed by atoms with Crippen molar-refractivity contribution in [3.8, 4) is 5.75 Å². The number of benzene rings is 1. The minimum Gasteiger partial charge on any atom is -0.507 e. The van der Waals surface area contributed by atoms with Crippen LogP contribution in [0.1, 0.15) is 20.7 Å². The van der Waals surface area contributed by atoms with Crippen LogP contribution in [-0.4, -0.2) is 27.1 Å². The number of carboxylic acids is 1. The topological polar surface area (TPSA) is 99.5 Å². The van der Waals surface area contributed by atoms with Crippen molar-refractivity contribution in [2.24, 2.45) is 0 Å². The largest absolute Gasteiger partial charge is 0.507 e. The Morgan fingerprint density at radius 2 is 1.95 bits per heavy atom. The second-order valence-corrected chi connectivity index (χ2v) is 3.85. The van der Waals surface area contributed by atoms with Crippen LogP contribution in [0.5, 0.6) is 5.75 Å². The highest BCUT2D eigenvalue weighted by Gasteiger charge is 2.13. The van der Waals surface area contributed by atoms with Gasteiger partial charge in [-0.25, -0.2) is 14.2 Å². The maximum Gasteiger partial charge on any atom is 0.337 e. The molecule has 0 aliphatic rings. The van der Waals surface area contributed by atoms with Gasteiger partial charge in [0.25, 0.3) is 5.91 Å². The van der Waals surface area contributed by atoms with Crippen LogP contribution in [0.15, 0.2) is 36.5 Å². The van der Waals surface area contributed by atoms with Gasteiger partial charge in [-0.3, -0.25) is 4.79 Å². The molecule has 0 unspecified atom stereocenters. The van der Waals surface area contributed by atoms with Crippen molar-refractivity contribution in [2.45, 2.75) is 0 Å². The van der Waals surface area contributed by atoms with Crippen LogP contribution in [0.4, 0.5) is 10.2 Å². The molecule has 1 heterocycles. The van der Waals surface area contributed by atoms with Crippen LogP contribution in [0, 0.1) is 5.82 Å². The van der Waals surface area contributed by atoms with Crippen molar-refractivity contribution >= 4 is 17.7 Å². The molecule has 1 amide bonds. The highest BCUT2D eigenvalue weighted by Crippen LogP contribution is 2.19. The van der Waals surface area contributed by atoms with E-state index in [1.807, 2.05) is 0 Å². The van der Waals surface area contributed by atoms with E-state index >= 15 is 0 Å². The number of aromatic nitrogens is 1. The summed E-state index contributed by atoms with van der Waals surface area (Å²) < 4.78 is 12.8. The fourth-order valence-corrected chi connectivity index (χ4v) is 1.47. The van der Waals surface area contributed by atoms with Gasteiger partial charge in [0.2, 0.25) is 0 Å². The number of rotatable bonds is 3. The fourth-order valence-electron chi connectivity index (χ4n) is 1.47. The molecule has 0 saturated heterocycles. The van der Waals surface area contributed by atoms with Crippen LogP contribution in [0.25, 0.3) is 0 Å². The summed E-state index contributed by atoms with van der Waals surface area (Å²) in [5.74, 6) is -2.86. The van der Waals surface area contributed by atoms with Crippen molar-refractivity contribution in [2.75, 3.05) is 5.32 Å². The second kappa shape index (κ2) is 5.35. The third kappa shape index (κ3) is 2.89. The number of carbonyl (C=O) groups is 2. The van der Waals surface area contributed by atoms with E-state index in [0.29, 0.717) is 0 Å². The average molecular weight is 276 g/mol. The van der Waals surface area contributed by atoms with Crippen molar-refractivity contribution in [3.05, 3.63) is 53.5 Å². The highest BCUT2D eigenvalue weighted by molar-refractivity contribution is 6.05. The van der Waals surface area contributed by atoms with Gasteiger partial charge in [0, 0.05) is 12.3 Å². The van der Waals surface area contributed by atoms with E-state index in [1.54, 1.807) is 0 Å². The molecule has 0 saturated carbocycles. The summed E-state index contributed by atoms with van der Waals surface area (Å²) in [6.45, 7) is 0. The van der Waals surface area contributed by atoms with Crippen LogP contribution in [0.2, 0.25) is 0 Å². The molecule has 0 atom stereocenters. The number of nitrogens with zero attached hydrogens (tertiary/aromatic N) is 1. The monoisotopic (exact) mass is 276 g/mol. The molecule has 2 rings (SSSR count). The van der Waals surface area contributed by atoms with Crippen LogP contribution in [0.3, 0.4) is 0 Å². The van der Waals surface area contributed by atoms with Crippen LogP contribution in [-0.2, 0) is 0 Å². The number of hydrogen-bond donors (Lipinski definition) is 3. The SMILES string of the molecule is O=C(O)c1ccc(NC(=O)c2ccc(F)cc2O)nc1. The molecule has 0 spiro atoms. The molecule has 0 aliphatic heterocycles. The molecule has 3 N–H and O–H groups in total. The summed E-state index contributed by atoms with van der Waals surface area (Å²) in [6, 6.07) is 5.56. The lowest BCUT2D eigenvalue weighted by Crippen LogP contribution is -2.13. The maximum absolute atomic E-state index is 12.8. The van der Waals surface area contributed by atoms with E-state index in [4.69, 9.17) is 5.11 Å². The number of phenols is 1. The Hall–Kier alpha value is -2.96. The molecule has 1 aromatic heterocycles. The Bertz CT molecular complexity index is 671. The number of halogens is 1. The zero-order valence-electron chi connectivity index (χ0n) is 10.0. The highest BCUT2D eigenvalue weighted by atomic mass is 19.1. The van der Waals surface area contributed by atoms with Gasteiger partial charge >= 0.3 is 5.97 Å². The Balaban J connectivity index is 2.17. The van der Waals surface area contributed by atoms with E-state index in [2.05, 4.69) is 10.3 Å². The van der Waals surface area contributed by atoms with E-state index < -0.39 is 23.4 Å². The Kier molecular flexibility index (Phi) is 3.60. The zero-order valence-corrected chi connectivity index (χ0v) is 10.0. The van der Waals surface area contributed by atoms with Crippen LogP contribution < -0.4 is 5.32 Å². The van der Waals surface area contributed by atoms with Gasteiger partial charge in [0.1, 0.15) is 17.4 Å². The predicted octanol–water partition coefficient (Wildman–Crippen LogP) is 1.88. The minimum absolute atomic E-state index is 0.0207. The first-order valence-electron chi connectivity index (χ1n) is 5.46. The molecule has 6 nitrogen and oxygen atoms in total. The molecular weight excluding hydrogens is 267 g/mol. The van der Waals surface area contributed by atoms with Gasteiger partial charge in [-0.15, -0.1) is 0 Å². The number of hydrogen-bond acceptors (Lipinski definition) is 4. The van der Waals surface area contributed by atoms with E-state index in [1.165, 1.54) is 12.1 Å². The number of amides is 1. The number of carboxylic acid groups (broad SMARTS) is 1. The molecule has 102 valence electrons. The molecule has 0 radical (unpaired) electrons. The number of phenolic OH excluding ortho intramolecular Hbond substituents is 1. The quantitative estimate of drug-likeness (QED) is 0.794. The first-order chi connectivity index (χ1) is 9.47. The third-order valence-electron chi connectivity index (χ3n) is 2.46. The molecule has 7 heteroatoms. The van der Waals surface area contributed by atoms with Gasteiger partial charge in [-0.1, -0.05) is 0 Å². The molecular formula is C13H9FN2O4. The predicted molar refractivity (Wildman–Crippen MR) is 67.2 cm³/mol. The zero-order chi connectivity index (χ0) is 14.7. The van der Waals surface area contributed by atoms with Crippen molar-refractivity contribution in [3.63, 3.8) is 0 Å². The summed E-state index contributed by atoms with van der Waals surface area (Å²) in [5.41, 5.74) is -0.136. The first kappa shape index (κ1) is 13.5. The third-order valence-corrected chi connectivity index (χ3v) is 2.46. The first-order valence-corrected chi connectivity index (χ1v) is 5.46. The number of aromatic hydroxyl groups is 1. The van der Waals surface area contributed by atoms with E-state index in [0.717, 1.165) is 24.4 Å². The van der Waals surface area contributed by atoms with Crippen LogP contribution >= 0.6 is 0 Å². The molecule has 0 aliphatic carbocycles. The molecule has 0 fully saturated rings. The molecule has 1 aromatic carbocycles. The minimum atomic E-state index is -1.13. The summed E-state index contributed by atoms with van der Waals surface area (Å²) in [6.07, 6.45) is 1.09. The maximum atomic E-state index is 12.8. The number of anilines is 1. The summed E-state index contributed by atoms with van der Waals surface area (Å²) in [7, 11) is 0. The van der Waals surface area contributed by atoms with Gasteiger partial charge in [-0.05, 0) is 24.3 Å². The lowest BCUT2D eigenvalue weighted by atomic mass is 10.2. The Morgan fingerprint density at radius 3 is 2.50 bits per heavy atom. The number of nitrogens with one attached hydrogen (secondary N) is 1. The normalized spacial score (nSPS) is 10.1. The lowest BCUT2D eigenvalue weighted by molar-refractivity contribution is 0.0696. The average Bonchev–Trinajstić information content (AvgIpc) is 2.39. The molecule has 20 heavy (non-hydrogen) atoms. The van der Waals surface area contributed by atoms with Crippen molar-refractivity contribution in [1.29, 1.82) is 0 Å². The summed E-state index contributed by atoms with van der Waals surface area (Å²) in [5, 5.41) is 20.5. The number of carbonyl (C=O) groups excluding carboxylic acids is 1. The number of aromatic carboxylic acids is 1. The Labute approximate surface area is 112 Å². The van der Waals surface area contributed by atoms with Gasteiger partial charge < -0.3 is 15.5 Å². The van der Waals surface area contributed by atoms with Gasteiger partial charge in [0.15, 0.2) is 0 Å². The van der Waals surface area contributed by atoms with E-state index in [9.17, 15) is 19.1 Å². The van der Waals surface area contributed by atoms with Gasteiger partial charge in [0.05, 0.1) is 11.1 Å². The van der Waals surface area contributed by atoms with Gasteiger partial charge in [-0.2, -0.15) is 0 Å². The molecule has 2 aromatic rings. The lowest BCUT2D eigenvalue weighted by Gasteiger charge is -2.06. The van der Waals surface area contributed by atoms with Crippen molar-refractivity contribution in [1.82, 2.24) is 4.98 Å². The summed E-state index contributed by atoms with van der Waals surface area (Å²) in [4.78, 5) is 26.2. The smallest absolute Gasteiger partial charge is 0.337 e. The van der Waals surface area contributed by atoms with Crippen molar-refractivity contribution < 1.29 is 24.2 Å². The number of pyridine rings is 1.